The highest BCUT2D eigenvalue weighted by Crippen LogP contribution is 2.55. The van der Waals surface area contributed by atoms with Gasteiger partial charge in [0.05, 0.1) is 11.3 Å². The molecule has 0 spiro atoms. The molecular formula is C54H61BN2O. The molecule has 0 unspecified atom stereocenters. The van der Waals surface area contributed by atoms with E-state index in [9.17, 15) is 0 Å². The molecule has 1 aliphatic carbocycles. The van der Waals surface area contributed by atoms with Gasteiger partial charge in [0.2, 0.25) is 0 Å². The summed E-state index contributed by atoms with van der Waals surface area (Å²) in [6.45, 7) is 30.3. The van der Waals surface area contributed by atoms with Gasteiger partial charge in [-0.3, -0.25) is 0 Å². The summed E-state index contributed by atoms with van der Waals surface area (Å²) in [7, 11) is 0. The average molecular weight is 765 g/mol. The number of furan rings is 1. The van der Waals surface area contributed by atoms with Gasteiger partial charge in [0.15, 0.2) is 0 Å². The Morgan fingerprint density at radius 1 is 0.552 bits per heavy atom. The molecular weight excluding hydrogens is 703 g/mol. The molecule has 296 valence electrons. The van der Waals surface area contributed by atoms with Gasteiger partial charge in [0, 0.05) is 44.8 Å². The Labute approximate surface area is 348 Å². The second-order valence-electron chi connectivity index (χ2n) is 21.5. The van der Waals surface area contributed by atoms with Crippen LogP contribution in [0.5, 0.6) is 0 Å². The molecule has 9 rings (SSSR count). The van der Waals surface area contributed by atoms with Crippen molar-refractivity contribution in [1.82, 2.24) is 0 Å². The monoisotopic (exact) mass is 764 g/mol. The second kappa shape index (κ2) is 12.8. The van der Waals surface area contributed by atoms with Crippen molar-refractivity contribution in [3.63, 3.8) is 0 Å². The van der Waals surface area contributed by atoms with Crippen LogP contribution in [-0.2, 0) is 27.1 Å². The Hall–Kier alpha value is -4.96. The first-order valence-electron chi connectivity index (χ1n) is 21.5. The SMILES string of the molecule is Cc1cc2c3c(c1)N(c1ccc(C(C)(C)C)cc1)c1c(oc4c1C(C)(C)CCC4(C)C)B3c1ccc(C(C)(C)c3ccccc3)cc1N2c1ccc(C(C)(C)C)cc1. The van der Waals surface area contributed by atoms with Gasteiger partial charge in [-0.1, -0.05) is 150 Å². The van der Waals surface area contributed by atoms with Gasteiger partial charge >= 0.3 is 0 Å². The highest BCUT2D eigenvalue weighted by molar-refractivity contribution is 6.99. The normalized spacial score (nSPS) is 16.7. The molecule has 0 N–H and O–H groups in total. The van der Waals surface area contributed by atoms with Crippen molar-refractivity contribution in [2.24, 2.45) is 0 Å². The Balaban J connectivity index is 1.37. The van der Waals surface area contributed by atoms with E-state index >= 15 is 0 Å². The fraction of sp³-hybridized carbons (Fsp3) is 0.370. The zero-order valence-electron chi connectivity index (χ0n) is 37.2. The first kappa shape index (κ1) is 38.6. The van der Waals surface area contributed by atoms with Crippen LogP contribution in [0.3, 0.4) is 0 Å². The lowest BCUT2D eigenvalue weighted by Gasteiger charge is -2.44. The van der Waals surface area contributed by atoms with Crippen molar-refractivity contribution in [3.8, 4) is 0 Å². The van der Waals surface area contributed by atoms with Crippen molar-refractivity contribution >= 4 is 57.4 Å². The third-order valence-electron chi connectivity index (χ3n) is 13.9. The van der Waals surface area contributed by atoms with Crippen LogP contribution in [0.4, 0.5) is 34.1 Å². The fourth-order valence-corrected chi connectivity index (χ4v) is 10.1. The molecule has 3 nitrogen and oxygen atoms in total. The van der Waals surface area contributed by atoms with Crippen molar-refractivity contribution in [1.29, 1.82) is 0 Å². The molecule has 0 saturated heterocycles. The van der Waals surface area contributed by atoms with Crippen molar-refractivity contribution in [2.45, 2.75) is 130 Å². The number of rotatable bonds is 4. The van der Waals surface area contributed by atoms with Gasteiger partial charge in [-0.05, 0) is 117 Å². The van der Waals surface area contributed by atoms with E-state index in [4.69, 9.17) is 4.42 Å². The smallest absolute Gasteiger partial charge is 0.297 e. The maximum absolute atomic E-state index is 7.55. The van der Waals surface area contributed by atoms with Gasteiger partial charge in [0.25, 0.3) is 6.71 Å². The number of hydrogen-bond donors (Lipinski definition) is 0. The summed E-state index contributed by atoms with van der Waals surface area (Å²) in [6, 6.07) is 41.8. The van der Waals surface area contributed by atoms with Crippen LogP contribution < -0.4 is 26.4 Å². The molecule has 1 aromatic heterocycles. The van der Waals surface area contributed by atoms with E-state index in [1.54, 1.807) is 0 Å². The Kier molecular flexibility index (Phi) is 8.49. The number of hydrogen-bond acceptors (Lipinski definition) is 3. The summed E-state index contributed by atoms with van der Waals surface area (Å²) in [5.41, 5.74) is 18.6. The molecule has 3 aliphatic rings. The standard InChI is InChI=1S/C54H61BN2O/c1-34-31-43-46-44(32-34)57(40-26-21-36(22-27-40)51(5,6)7)47-45-48(53(10,11)30-29-52(45,8)9)58-49(47)55(46)41-28-23-38(54(12,13)37-17-15-14-16-18-37)33-42(41)56(43)39-24-19-35(20-25-39)50(2,3)4/h14-28,31-33H,29-30H2,1-13H3. The van der Waals surface area contributed by atoms with Crippen molar-refractivity contribution in [3.05, 3.63) is 148 Å². The molecule has 0 saturated carbocycles. The quantitative estimate of drug-likeness (QED) is 0.166. The number of aryl methyl sites for hydroxylation is 1. The van der Waals surface area contributed by atoms with E-state index < -0.39 is 0 Å². The molecule has 0 radical (unpaired) electrons. The van der Waals surface area contributed by atoms with Gasteiger partial charge in [-0.2, -0.15) is 0 Å². The van der Waals surface area contributed by atoms with E-state index in [1.807, 2.05) is 0 Å². The van der Waals surface area contributed by atoms with Crippen LogP contribution in [0.25, 0.3) is 0 Å². The maximum atomic E-state index is 7.55. The number of anilines is 6. The van der Waals surface area contributed by atoms with Crippen LogP contribution in [0.15, 0.2) is 114 Å². The summed E-state index contributed by atoms with van der Waals surface area (Å²) in [5.74, 6) is 1.15. The average Bonchev–Trinajstić information content (AvgIpc) is 3.59. The topological polar surface area (TPSA) is 19.6 Å². The number of nitrogens with zero attached hydrogens (tertiary/aromatic N) is 2. The fourth-order valence-electron chi connectivity index (χ4n) is 10.1. The first-order valence-corrected chi connectivity index (χ1v) is 21.5. The molecule has 58 heavy (non-hydrogen) atoms. The Bertz CT molecular complexity index is 2560. The first-order chi connectivity index (χ1) is 27.2. The van der Waals surface area contributed by atoms with Crippen LogP contribution >= 0.6 is 0 Å². The van der Waals surface area contributed by atoms with E-state index in [2.05, 4.69) is 209 Å². The highest BCUT2D eigenvalue weighted by Gasteiger charge is 2.52. The van der Waals surface area contributed by atoms with Crippen LogP contribution in [0, 0.1) is 6.92 Å². The summed E-state index contributed by atoms with van der Waals surface area (Å²) in [4.78, 5) is 5.13. The lowest BCUT2D eigenvalue weighted by Crippen LogP contribution is -2.61. The lowest BCUT2D eigenvalue weighted by atomic mass is 9.35. The zero-order valence-corrected chi connectivity index (χ0v) is 37.2. The van der Waals surface area contributed by atoms with Crippen molar-refractivity contribution < 1.29 is 4.42 Å². The van der Waals surface area contributed by atoms with Crippen LogP contribution in [-0.4, -0.2) is 6.71 Å². The summed E-state index contributed by atoms with van der Waals surface area (Å²) in [6.07, 6.45) is 2.20. The predicted molar refractivity (Wildman–Crippen MR) is 249 cm³/mol. The highest BCUT2D eigenvalue weighted by atomic mass is 16.3. The summed E-state index contributed by atoms with van der Waals surface area (Å²) >= 11 is 0. The van der Waals surface area contributed by atoms with Gasteiger partial charge < -0.3 is 14.2 Å². The molecule has 6 aromatic rings. The Morgan fingerprint density at radius 2 is 1.07 bits per heavy atom. The summed E-state index contributed by atoms with van der Waals surface area (Å²) < 4.78 is 7.55. The number of benzene rings is 5. The van der Waals surface area contributed by atoms with E-state index in [0.29, 0.717) is 0 Å². The van der Waals surface area contributed by atoms with Gasteiger partial charge in [-0.15, -0.1) is 0 Å². The second-order valence-corrected chi connectivity index (χ2v) is 21.5. The van der Waals surface area contributed by atoms with Gasteiger partial charge in [0.1, 0.15) is 5.76 Å². The molecule has 3 heterocycles. The Morgan fingerprint density at radius 3 is 1.64 bits per heavy atom. The minimum atomic E-state index is -0.207. The third kappa shape index (κ3) is 5.91. The lowest BCUT2D eigenvalue weighted by molar-refractivity contribution is 0.282. The largest absolute Gasteiger partial charge is 0.472 e. The van der Waals surface area contributed by atoms with E-state index in [-0.39, 0.29) is 33.8 Å². The minimum Gasteiger partial charge on any atom is -0.472 e. The molecule has 4 heteroatoms. The van der Waals surface area contributed by atoms with Gasteiger partial charge in [-0.25, -0.2) is 0 Å². The molecule has 0 bridgehead atoms. The molecule has 2 aliphatic heterocycles. The van der Waals surface area contributed by atoms with Crippen molar-refractivity contribution in [2.75, 3.05) is 9.80 Å². The van der Waals surface area contributed by atoms with Crippen LogP contribution in [0.1, 0.15) is 135 Å². The molecule has 0 amide bonds. The zero-order chi connectivity index (χ0) is 41.3. The summed E-state index contributed by atoms with van der Waals surface area (Å²) in [5, 5.41) is 0. The molecule has 0 fully saturated rings. The number of fused-ring (bicyclic) bond motifs is 6. The maximum Gasteiger partial charge on any atom is 0.297 e. The molecule has 5 aromatic carbocycles. The molecule has 0 atom stereocenters. The van der Waals surface area contributed by atoms with E-state index in [1.165, 1.54) is 78.4 Å². The van der Waals surface area contributed by atoms with Crippen LogP contribution in [0.2, 0.25) is 0 Å². The minimum absolute atomic E-state index is 0.0538. The van der Waals surface area contributed by atoms with E-state index in [0.717, 1.165) is 24.3 Å². The predicted octanol–water partition coefficient (Wildman–Crippen LogP) is 12.9. The third-order valence-corrected chi connectivity index (χ3v) is 13.9.